The molecular formula is C14H18ClNO. The molecule has 0 aliphatic heterocycles. The first-order chi connectivity index (χ1) is 8.29. The van der Waals surface area contributed by atoms with Gasteiger partial charge in [-0.25, -0.2) is 0 Å². The van der Waals surface area contributed by atoms with Crippen molar-refractivity contribution in [2.24, 2.45) is 5.92 Å². The topological polar surface area (TPSA) is 20.3 Å². The van der Waals surface area contributed by atoms with E-state index in [0.29, 0.717) is 31.3 Å². The average Bonchev–Trinajstić information content (AvgIpc) is 3.14. The molecule has 1 aromatic carbocycles. The lowest BCUT2D eigenvalue weighted by Crippen LogP contribution is -2.32. The van der Waals surface area contributed by atoms with Gasteiger partial charge in [0.1, 0.15) is 0 Å². The third kappa shape index (κ3) is 4.04. The molecule has 1 fully saturated rings. The van der Waals surface area contributed by atoms with Gasteiger partial charge in [-0.2, -0.15) is 0 Å². The quantitative estimate of drug-likeness (QED) is 0.712. The van der Waals surface area contributed by atoms with Crippen molar-refractivity contribution in [3.8, 4) is 0 Å². The minimum atomic E-state index is 0.247. The number of halogens is 1. The van der Waals surface area contributed by atoms with E-state index in [0.717, 1.165) is 0 Å². The summed E-state index contributed by atoms with van der Waals surface area (Å²) in [5.41, 5.74) is 1.17. The zero-order valence-electron chi connectivity index (χ0n) is 9.94. The molecule has 17 heavy (non-hydrogen) atoms. The molecule has 0 heterocycles. The maximum absolute atomic E-state index is 12.1. The normalized spacial score (nSPS) is 14.6. The molecule has 3 heteroatoms. The maximum atomic E-state index is 12.1. The van der Waals surface area contributed by atoms with Gasteiger partial charge in [-0.1, -0.05) is 30.3 Å². The van der Waals surface area contributed by atoms with Crippen LogP contribution in [0.2, 0.25) is 0 Å². The Bertz CT molecular complexity index is 362. The van der Waals surface area contributed by atoms with Crippen LogP contribution in [0, 0.1) is 5.92 Å². The van der Waals surface area contributed by atoms with Crippen molar-refractivity contribution in [2.45, 2.75) is 25.8 Å². The Hall–Kier alpha value is -1.02. The Morgan fingerprint density at radius 3 is 2.59 bits per heavy atom. The number of carbonyl (C=O) groups is 1. The van der Waals surface area contributed by atoms with Crippen molar-refractivity contribution in [1.82, 2.24) is 4.90 Å². The van der Waals surface area contributed by atoms with Gasteiger partial charge < -0.3 is 4.90 Å². The van der Waals surface area contributed by atoms with Gasteiger partial charge in [0, 0.05) is 25.4 Å². The van der Waals surface area contributed by atoms with E-state index in [9.17, 15) is 4.79 Å². The Morgan fingerprint density at radius 1 is 1.29 bits per heavy atom. The average molecular weight is 252 g/mol. The van der Waals surface area contributed by atoms with E-state index in [-0.39, 0.29) is 5.91 Å². The number of hydrogen-bond donors (Lipinski definition) is 0. The minimum absolute atomic E-state index is 0.247. The minimum Gasteiger partial charge on any atom is -0.337 e. The lowest BCUT2D eigenvalue weighted by Gasteiger charge is -2.21. The molecule has 2 nitrogen and oxygen atoms in total. The van der Waals surface area contributed by atoms with Crippen molar-refractivity contribution in [3.63, 3.8) is 0 Å². The van der Waals surface area contributed by atoms with E-state index >= 15 is 0 Å². The fraction of sp³-hybridized carbons (Fsp3) is 0.500. The molecule has 1 amide bonds. The highest BCUT2D eigenvalue weighted by Gasteiger charge is 2.26. The van der Waals surface area contributed by atoms with Gasteiger partial charge >= 0.3 is 0 Å². The molecule has 1 aliphatic carbocycles. The molecule has 0 radical (unpaired) electrons. The highest BCUT2D eigenvalue weighted by Crippen LogP contribution is 2.33. The van der Waals surface area contributed by atoms with Crippen LogP contribution in [0.15, 0.2) is 30.3 Å². The highest BCUT2D eigenvalue weighted by molar-refractivity contribution is 6.18. The van der Waals surface area contributed by atoms with Crippen LogP contribution < -0.4 is 0 Å². The van der Waals surface area contributed by atoms with Crippen LogP contribution in [0.1, 0.15) is 24.8 Å². The van der Waals surface area contributed by atoms with Gasteiger partial charge in [-0.15, -0.1) is 11.6 Å². The van der Waals surface area contributed by atoms with E-state index in [4.69, 9.17) is 11.6 Å². The predicted molar refractivity (Wildman–Crippen MR) is 69.9 cm³/mol. The molecule has 1 aromatic rings. The van der Waals surface area contributed by atoms with E-state index < -0.39 is 0 Å². The lowest BCUT2D eigenvalue weighted by atomic mass is 10.2. The summed E-state index contributed by atoms with van der Waals surface area (Å²) in [4.78, 5) is 13.9. The summed E-state index contributed by atoms with van der Waals surface area (Å²) in [5, 5.41) is 0. The number of alkyl halides is 1. The van der Waals surface area contributed by atoms with Gasteiger partial charge in [0.15, 0.2) is 0 Å². The lowest BCUT2D eigenvalue weighted by molar-refractivity contribution is -0.131. The van der Waals surface area contributed by atoms with E-state index in [2.05, 4.69) is 0 Å². The zero-order chi connectivity index (χ0) is 12.1. The molecule has 2 rings (SSSR count). The van der Waals surface area contributed by atoms with Crippen molar-refractivity contribution in [1.29, 1.82) is 0 Å². The van der Waals surface area contributed by atoms with Crippen LogP contribution >= 0.6 is 11.6 Å². The first-order valence-electron chi connectivity index (χ1n) is 6.17. The largest absolute Gasteiger partial charge is 0.337 e. The van der Waals surface area contributed by atoms with Gasteiger partial charge in [-0.05, 0) is 24.3 Å². The summed E-state index contributed by atoms with van der Waals surface area (Å²) in [5.74, 6) is 1.39. The van der Waals surface area contributed by atoms with Crippen LogP contribution in [-0.2, 0) is 11.3 Å². The standard InChI is InChI=1S/C14H18ClNO/c15-8-9-16(14(17)10-12-6-7-12)11-13-4-2-1-3-5-13/h1-5,12H,6-11H2. The van der Waals surface area contributed by atoms with Gasteiger partial charge in [-0.3, -0.25) is 4.79 Å². The fourth-order valence-corrected chi connectivity index (χ4v) is 2.10. The molecular weight excluding hydrogens is 234 g/mol. The fourth-order valence-electron chi connectivity index (χ4n) is 1.90. The van der Waals surface area contributed by atoms with Crippen LogP contribution in [-0.4, -0.2) is 23.2 Å². The Kier molecular flexibility index (Phi) is 4.43. The predicted octanol–water partition coefficient (Wildman–Crippen LogP) is 3.05. The first-order valence-corrected chi connectivity index (χ1v) is 6.70. The zero-order valence-corrected chi connectivity index (χ0v) is 10.7. The molecule has 92 valence electrons. The summed E-state index contributed by atoms with van der Waals surface area (Å²) < 4.78 is 0. The first kappa shape index (κ1) is 12.4. The maximum Gasteiger partial charge on any atom is 0.223 e. The van der Waals surface area contributed by atoms with Crippen molar-refractivity contribution < 1.29 is 4.79 Å². The number of carbonyl (C=O) groups excluding carboxylic acids is 1. The second-order valence-corrected chi connectivity index (χ2v) is 5.02. The molecule has 0 bridgehead atoms. The number of rotatable bonds is 6. The summed E-state index contributed by atoms with van der Waals surface area (Å²) >= 11 is 5.76. The third-order valence-corrected chi connectivity index (χ3v) is 3.25. The van der Waals surface area contributed by atoms with E-state index in [1.807, 2.05) is 35.2 Å². The number of nitrogens with zero attached hydrogens (tertiary/aromatic N) is 1. The van der Waals surface area contributed by atoms with Crippen LogP contribution in [0.3, 0.4) is 0 Å². The van der Waals surface area contributed by atoms with Crippen LogP contribution in [0.4, 0.5) is 0 Å². The smallest absolute Gasteiger partial charge is 0.223 e. The monoisotopic (exact) mass is 251 g/mol. The molecule has 1 aliphatic rings. The SMILES string of the molecule is O=C(CC1CC1)N(CCCl)Cc1ccccc1. The van der Waals surface area contributed by atoms with E-state index in [1.54, 1.807) is 0 Å². The number of hydrogen-bond acceptors (Lipinski definition) is 1. The molecule has 0 atom stereocenters. The van der Waals surface area contributed by atoms with E-state index in [1.165, 1.54) is 18.4 Å². The van der Waals surface area contributed by atoms with Crippen molar-refractivity contribution >= 4 is 17.5 Å². The number of benzene rings is 1. The van der Waals surface area contributed by atoms with Gasteiger partial charge in [0.2, 0.25) is 5.91 Å². The number of amides is 1. The summed E-state index contributed by atoms with van der Waals surface area (Å²) in [7, 11) is 0. The van der Waals surface area contributed by atoms with Crippen LogP contribution in [0.5, 0.6) is 0 Å². The summed E-state index contributed by atoms with van der Waals surface area (Å²) in [6.07, 6.45) is 3.13. The second kappa shape index (κ2) is 6.06. The molecule has 0 saturated heterocycles. The second-order valence-electron chi connectivity index (χ2n) is 4.64. The van der Waals surface area contributed by atoms with Crippen molar-refractivity contribution in [2.75, 3.05) is 12.4 Å². The van der Waals surface area contributed by atoms with Gasteiger partial charge in [0.05, 0.1) is 0 Å². The van der Waals surface area contributed by atoms with Crippen LogP contribution in [0.25, 0.3) is 0 Å². The summed E-state index contributed by atoms with van der Waals surface area (Å²) in [6, 6.07) is 10.1. The molecule has 0 N–H and O–H groups in total. The summed E-state index contributed by atoms with van der Waals surface area (Å²) in [6.45, 7) is 1.32. The Labute approximate surface area is 108 Å². The highest BCUT2D eigenvalue weighted by atomic mass is 35.5. The molecule has 1 saturated carbocycles. The third-order valence-electron chi connectivity index (χ3n) is 3.08. The Balaban J connectivity index is 1.93. The molecule has 0 aromatic heterocycles. The molecule has 0 unspecified atom stereocenters. The molecule has 0 spiro atoms. The van der Waals surface area contributed by atoms with Crippen molar-refractivity contribution in [3.05, 3.63) is 35.9 Å². The van der Waals surface area contributed by atoms with Gasteiger partial charge in [0.25, 0.3) is 0 Å². The Morgan fingerprint density at radius 2 is 2.00 bits per heavy atom.